The van der Waals surface area contributed by atoms with Crippen LogP contribution in [-0.2, 0) is 65.4 Å². The molecule has 19 heteroatoms. The number of aliphatic hydroxyl groups excluding tert-OH is 1. The molecule has 474 valence electrons. The first-order valence-corrected chi connectivity index (χ1v) is 34.7. The molecule has 0 aliphatic carbocycles. The van der Waals surface area contributed by atoms with E-state index < -0.39 is 97.5 Å². The van der Waals surface area contributed by atoms with Crippen LogP contribution in [0.1, 0.15) is 287 Å². The van der Waals surface area contributed by atoms with E-state index in [1.54, 1.807) is 0 Å². The zero-order chi connectivity index (χ0) is 59.7. The Hall–Kier alpha value is -1.94. The summed E-state index contributed by atoms with van der Waals surface area (Å²) in [6.07, 6.45) is 29.7. The first kappa shape index (κ1) is 78.1. The molecule has 0 rings (SSSR count). The van der Waals surface area contributed by atoms with E-state index >= 15 is 0 Å². The fraction of sp³-hybridized carbons (Fsp3) is 0.934. The van der Waals surface area contributed by atoms with Gasteiger partial charge in [0.05, 0.1) is 26.4 Å². The zero-order valence-electron chi connectivity index (χ0n) is 51.7. The monoisotopic (exact) mass is 1180 g/mol. The van der Waals surface area contributed by atoms with Crippen molar-refractivity contribution in [2.45, 2.75) is 305 Å². The zero-order valence-corrected chi connectivity index (χ0v) is 53.5. The SMILES string of the molecule is CCC(C)CCCCCCCCCCC(=O)O[C@H](COC(=O)CCCCCCCCC(C)C)COP(=O)(O)OC[C@H](O)COP(=O)(O)OC[C@@H](COC(=O)CCCCCCCCC(C)C)OC(=O)CCCCCCCCCC(C)C. The largest absolute Gasteiger partial charge is 0.472 e. The molecule has 0 aromatic carbocycles. The lowest BCUT2D eigenvalue weighted by molar-refractivity contribution is -0.161. The van der Waals surface area contributed by atoms with Crippen LogP contribution in [0, 0.1) is 23.7 Å². The highest BCUT2D eigenvalue weighted by molar-refractivity contribution is 7.47. The Balaban J connectivity index is 5.25. The number of hydrogen-bond donors (Lipinski definition) is 3. The molecule has 0 amide bonds. The smallest absolute Gasteiger partial charge is 0.462 e. The van der Waals surface area contributed by atoms with Gasteiger partial charge in [0.15, 0.2) is 12.2 Å². The van der Waals surface area contributed by atoms with Crippen LogP contribution in [-0.4, -0.2) is 96.7 Å². The van der Waals surface area contributed by atoms with Crippen LogP contribution in [0.15, 0.2) is 0 Å². The standard InChI is InChI=1S/C61H118O17P2/c1-9-54(8)40-32-24-14-10-11-15-27-35-43-60(65)77-56(47-71-58(63)41-33-25-19-17-22-30-38-52(4)5)49-75-79(67,68)73-45-55(62)46-74-80(69,70)76-50-57(48-72-59(64)42-34-26-20-18-23-31-39-53(6)7)78-61(66)44-36-28-16-12-13-21-29-37-51(2)3/h51-57,62H,9-50H2,1-8H3,(H,67,68)(H,69,70)/t54?,55-,56+,57+/m0/s1. The molecule has 0 spiro atoms. The second-order valence-electron chi connectivity index (χ2n) is 23.8. The molecule has 80 heavy (non-hydrogen) atoms. The van der Waals surface area contributed by atoms with E-state index in [9.17, 15) is 43.2 Å². The summed E-state index contributed by atoms with van der Waals surface area (Å²) in [5, 5.41) is 10.5. The molecule has 0 saturated carbocycles. The molecule has 0 saturated heterocycles. The third kappa shape index (κ3) is 54.0. The van der Waals surface area contributed by atoms with E-state index in [1.807, 2.05) is 0 Å². The summed E-state index contributed by atoms with van der Waals surface area (Å²) in [4.78, 5) is 72.0. The Morgan fingerprint density at radius 1 is 0.350 bits per heavy atom. The third-order valence-corrected chi connectivity index (χ3v) is 16.1. The number of phosphoric ester groups is 2. The van der Waals surface area contributed by atoms with E-state index in [0.29, 0.717) is 43.4 Å². The van der Waals surface area contributed by atoms with Crippen LogP contribution in [0.3, 0.4) is 0 Å². The van der Waals surface area contributed by atoms with Crippen LogP contribution in [0.2, 0.25) is 0 Å². The van der Waals surface area contributed by atoms with Crippen molar-refractivity contribution in [1.29, 1.82) is 0 Å². The van der Waals surface area contributed by atoms with Gasteiger partial charge < -0.3 is 33.8 Å². The number of aliphatic hydroxyl groups is 1. The number of esters is 4. The molecule has 0 heterocycles. The Bertz CT molecular complexity index is 1610. The second kappa shape index (κ2) is 51.5. The van der Waals surface area contributed by atoms with Gasteiger partial charge in [-0.3, -0.25) is 37.3 Å². The lowest BCUT2D eigenvalue weighted by atomic mass is 9.99. The predicted molar refractivity (Wildman–Crippen MR) is 317 cm³/mol. The Labute approximate surface area is 486 Å². The average molecular weight is 1190 g/mol. The second-order valence-corrected chi connectivity index (χ2v) is 26.7. The van der Waals surface area contributed by atoms with E-state index in [1.165, 1.54) is 77.0 Å². The summed E-state index contributed by atoms with van der Waals surface area (Å²) >= 11 is 0. The fourth-order valence-corrected chi connectivity index (χ4v) is 10.4. The van der Waals surface area contributed by atoms with E-state index in [2.05, 4.69) is 55.4 Å². The number of unbranched alkanes of at least 4 members (excludes halogenated alkanes) is 23. The maximum atomic E-state index is 12.9. The van der Waals surface area contributed by atoms with Gasteiger partial charge in [-0.2, -0.15) is 0 Å². The molecule has 3 N–H and O–H groups in total. The molecular weight excluding hydrogens is 1070 g/mol. The number of carbonyl (C=O) groups is 4. The number of carbonyl (C=O) groups excluding carboxylic acids is 4. The first-order valence-electron chi connectivity index (χ1n) is 31.7. The van der Waals surface area contributed by atoms with E-state index in [-0.39, 0.29) is 25.7 Å². The van der Waals surface area contributed by atoms with Gasteiger partial charge in [0.1, 0.15) is 19.3 Å². The van der Waals surface area contributed by atoms with Crippen molar-refractivity contribution < 1.29 is 80.2 Å². The molecular formula is C61H118O17P2. The summed E-state index contributed by atoms with van der Waals surface area (Å²) < 4.78 is 67.8. The molecule has 0 aromatic heterocycles. The van der Waals surface area contributed by atoms with Crippen LogP contribution >= 0.6 is 15.6 Å². The van der Waals surface area contributed by atoms with E-state index in [0.717, 1.165) is 109 Å². The highest BCUT2D eigenvalue weighted by Gasteiger charge is 2.30. The van der Waals surface area contributed by atoms with E-state index in [4.69, 9.17) is 37.0 Å². The van der Waals surface area contributed by atoms with Crippen LogP contribution < -0.4 is 0 Å². The molecule has 17 nitrogen and oxygen atoms in total. The quantitative estimate of drug-likeness (QED) is 0.0222. The summed E-state index contributed by atoms with van der Waals surface area (Å²) in [6, 6.07) is 0. The topological polar surface area (TPSA) is 237 Å². The normalized spacial score (nSPS) is 14.9. The number of hydrogen-bond acceptors (Lipinski definition) is 15. The summed E-state index contributed by atoms with van der Waals surface area (Å²) in [5.41, 5.74) is 0. The summed E-state index contributed by atoms with van der Waals surface area (Å²) in [6.45, 7) is 13.8. The molecule has 0 radical (unpaired) electrons. The van der Waals surface area contributed by atoms with Gasteiger partial charge in [-0.15, -0.1) is 0 Å². The van der Waals surface area contributed by atoms with Crippen molar-refractivity contribution in [3.63, 3.8) is 0 Å². The van der Waals surface area contributed by atoms with Crippen molar-refractivity contribution in [2.75, 3.05) is 39.6 Å². The van der Waals surface area contributed by atoms with Crippen molar-refractivity contribution in [3.8, 4) is 0 Å². The summed E-state index contributed by atoms with van der Waals surface area (Å²) in [7, 11) is -9.88. The first-order chi connectivity index (χ1) is 38.1. The lowest BCUT2D eigenvalue weighted by Crippen LogP contribution is -2.30. The minimum Gasteiger partial charge on any atom is -0.462 e. The van der Waals surface area contributed by atoms with Crippen molar-refractivity contribution in [3.05, 3.63) is 0 Å². The number of phosphoric acid groups is 2. The van der Waals surface area contributed by atoms with Gasteiger partial charge in [0, 0.05) is 25.7 Å². The van der Waals surface area contributed by atoms with Crippen molar-refractivity contribution in [1.82, 2.24) is 0 Å². The van der Waals surface area contributed by atoms with Gasteiger partial charge >= 0.3 is 39.5 Å². The van der Waals surface area contributed by atoms with Crippen molar-refractivity contribution in [2.24, 2.45) is 23.7 Å². The third-order valence-electron chi connectivity index (χ3n) is 14.2. The van der Waals surface area contributed by atoms with Crippen molar-refractivity contribution >= 4 is 39.5 Å². The maximum absolute atomic E-state index is 12.9. The highest BCUT2D eigenvalue weighted by Crippen LogP contribution is 2.45. The molecule has 0 aromatic rings. The predicted octanol–water partition coefficient (Wildman–Crippen LogP) is 16.2. The molecule has 3 unspecified atom stereocenters. The minimum atomic E-state index is -4.94. The van der Waals surface area contributed by atoms with Crippen LogP contribution in [0.25, 0.3) is 0 Å². The molecule has 0 aliphatic heterocycles. The molecule has 0 aliphatic rings. The van der Waals surface area contributed by atoms with Crippen LogP contribution in [0.4, 0.5) is 0 Å². The highest BCUT2D eigenvalue weighted by atomic mass is 31.2. The fourth-order valence-electron chi connectivity index (χ4n) is 8.87. The lowest BCUT2D eigenvalue weighted by Gasteiger charge is -2.21. The number of ether oxygens (including phenoxy) is 4. The molecule has 6 atom stereocenters. The Kier molecular flexibility index (Phi) is 50.2. The average Bonchev–Trinajstić information content (AvgIpc) is 3.40. The van der Waals surface area contributed by atoms with Gasteiger partial charge in [0.25, 0.3) is 0 Å². The van der Waals surface area contributed by atoms with Gasteiger partial charge in [-0.1, -0.05) is 235 Å². The van der Waals surface area contributed by atoms with Gasteiger partial charge in [-0.25, -0.2) is 9.13 Å². The maximum Gasteiger partial charge on any atom is 0.472 e. The Morgan fingerprint density at radius 2 is 0.600 bits per heavy atom. The summed E-state index contributed by atoms with van der Waals surface area (Å²) in [5.74, 6) is 0.675. The minimum absolute atomic E-state index is 0.101. The molecule has 0 bridgehead atoms. The van der Waals surface area contributed by atoms with Gasteiger partial charge in [-0.05, 0) is 49.4 Å². The van der Waals surface area contributed by atoms with Gasteiger partial charge in [0.2, 0.25) is 0 Å². The Morgan fingerprint density at radius 3 is 0.887 bits per heavy atom. The van der Waals surface area contributed by atoms with Crippen LogP contribution in [0.5, 0.6) is 0 Å². The molecule has 0 fully saturated rings. The number of rotatable bonds is 58.